The normalized spacial score (nSPS) is 10.4. The molecule has 0 unspecified atom stereocenters. The number of rotatable bonds is 6. The molecule has 146 valence electrons. The molecule has 0 aliphatic carbocycles. The summed E-state index contributed by atoms with van der Waals surface area (Å²) in [5.41, 5.74) is 1.17. The Bertz CT molecular complexity index is 996. The molecule has 0 atom stereocenters. The van der Waals surface area contributed by atoms with Gasteiger partial charge in [-0.25, -0.2) is 4.39 Å². The molecular weight excluding hydrogens is 403 g/mol. The number of hydrogen-bond donors (Lipinski definition) is 2. The lowest BCUT2D eigenvalue weighted by Gasteiger charge is -2.13. The fourth-order valence-corrected chi connectivity index (χ4v) is 2.93. The minimum Gasteiger partial charge on any atom is -0.497 e. The van der Waals surface area contributed by atoms with Crippen LogP contribution >= 0.6 is 23.8 Å². The Labute approximate surface area is 172 Å². The van der Waals surface area contributed by atoms with E-state index in [2.05, 4.69) is 15.7 Å². The largest absolute Gasteiger partial charge is 0.497 e. The van der Waals surface area contributed by atoms with Gasteiger partial charge in [0.25, 0.3) is 0 Å². The summed E-state index contributed by atoms with van der Waals surface area (Å²) in [6.07, 6.45) is 1.60. The minimum absolute atomic E-state index is 0.251. The predicted molar refractivity (Wildman–Crippen MR) is 112 cm³/mol. The summed E-state index contributed by atoms with van der Waals surface area (Å²) < 4.78 is 25.9. The molecule has 1 aromatic heterocycles. The lowest BCUT2D eigenvalue weighted by molar-refractivity contribution is 0.395. The molecule has 0 aliphatic heterocycles. The van der Waals surface area contributed by atoms with Gasteiger partial charge in [0.15, 0.2) is 10.9 Å². The molecule has 0 saturated carbocycles. The molecule has 0 amide bonds. The van der Waals surface area contributed by atoms with Gasteiger partial charge in [0.1, 0.15) is 22.3 Å². The summed E-state index contributed by atoms with van der Waals surface area (Å²) >= 11 is 11.6. The lowest BCUT2D eigenvalue weighted by atomic mass is 10.2. The van der Waals surface area contributed by atoms with Gasteiger partial charge >= 0.3 is 0 Å². The number of ether oxygens (including phenoxy) is 2. The van der Waals surface area contributed by atoms with Gasteiger partial charge < -0.3 is 20.1 Å². The maximum atomic E-state index is 13.8. The molecule has 28 heavy (non-hydrogen) atoms. The van der Waals surface area contributed by atoms with Gasteiger partial charge in [-0.05, 0) is 30.4 Å². The van der Waals surface area contributed by atoms with Gasteiger partial charge in [-0.1, -0.05) is 29.8 Å². The molecule has 0 aliphatic rings. The first-order valence-corrected chi connectivity index (χ1v) is 9.05. The first-order chi connectivity index (χ1) is 13.5. The van der Waals surface area contributed by atoms with Crippen LogP contribution in [0.2, 0.25) is 5.02 Å². The maximum Gasteiger partial charge on any atom is 0.176 e. The minimum atomic E-state index is -0.299. The fraction of sp³-hybridized carbons (Fsp3) is 0.158. The number of methoxy groups -OCH3 is 2. The third kappa shape index (κ3) is 4.71. The Morgan fingerprint density at radius 3 is 2.68 bits per heavy atom. The number of nitrogens with zero attached hydrogens (tertiary/aromatic N) is 2. The summed E-state index contributed by atoms with van der Waals surface area (Å²) in [6.45, 7) is 0.251. The Hall–Kier alpha value is -2.84. The van der Waals surface area contributed by atoms with E-state index < -0.39 is 0 Å². The van der Waals surface area contributed by atoms with Crippen LogP contribution in [0.15, 0.2) is 48.7 Å². The first-order valence-electron chi connectivity index (χ1n) is 8.26. The van der Waals surface area contributed by atoms with Gasteiger partial charge in [-0.15, -0.1) is 0 Å². The van der Waals surface area contributed by atoms with Crippen molar-refractivity contribution in [3.63, 3.8) is 0 Å². The third-order valence-corrected chi connectivity index (χ3v) is 4.38. The first kappa shape index (κ1) is 19.9. The molecule has 6 nitrogen and oxygen atoms in total. The van der Waals surface area contributed by atoms with Crippen LogP contribution in [0.4, 0.5) is 15.9 Å². The number of halogens is 2. The van der Waals surface area contributed by atoms with Crippen molar-refractivity contribution in [2.24, 2.45) is 0 Å². The topological polar surface area (TPSA) is 60.3 Å². The van der Waals surface area contributed by atoms with Crippen molar-refractivity contribution >= 4 is 40.4 Å². The third-order valence-electron chi connectivity index (χ3n) is 3.90. The Morgan fingerprint density at radius 1 is 1.18 bits per heavy atom. The van der Waals surface area contributed by atoms with Crippen LogP contribution in [0.5, 0.6) is 11.5 Å². The van der Waals surface area contributed by atoms with Crippen LogP contribution in [-0.2, 0) is 6.54 Å². The number of aromatic nitrogens is 2. The second kappa shape index (κ2) is 8.90. The summed E-state index contributed by atoms with van der Waals surface area (Å²) in [4.78, 5) is 0. The van der Waals surface area contributed by atoms with Gasteiger partial charge in [0.2, 0.25) is 0 Å². The highest BCUT2D eigenvalue weighted by molar-refractivity contribution is 7.80. The van der Waals surface area contributed by atoms with Gasteiger partial charge in [0.05, 0.1) is 26.5 Å². The molecule has 0 saturated heterocycles. The van der Waals surface area contributed by atoms with Crippen LogP contribution in [0, 0.1) is 5.82 Å². The number of benzene rings is 2. The quantitative estimate of drug-likeness (QED) is 0.570. The van der Waals surface area contributed by atoms with E-state index in [1.807, 2.05) is 0 Å². The molecule has 2 N–H and O–H groups in total. The van der Waals surface area contributed by atoms with Crippen molar-refractivity contribution < 1.29 is 13.9 Å². The second-order valence-electron chi connectivity index (χ2n) is 5.76. The Morgan fingerprint density at radius 2 is 1.96 bits per heavy atom. The maximum absolute atomic E-state index is 13.8. The molecule has 3 aromatic rings. The zero-order valence-electron chi connectivity index (χ0n) is 15.2. The van der Waals surface area contributed by atoms with Crippen molar-refractivity contribution in [3.8, 4) is 11.5 Å². The van der Waals surface area contributed by atoms with Gasteiger partial charge in [0, 0.05) is 17.8 Å². The molecule has 3 rings (SSSR count). The summed E-state index contributed by atoms with van der Waals surface area (Å²) in [5.74, 6) is 1.30. The molecule has 1 heterocycles. The Kier molecular flexibility index (Phi) is 6.33. The van der Waals surface area contributed by atoms with E-state index in [1.54, 1.807) is 61.5 Å². The highest BCUT2D eigenvalue weighted by Gasteiger charge is 2.12. The van der Waals surface area contributed by atoms with Crippen molar-refractivity contribution in [3.05, 3.63) is 65.1 Å². The van der Waals surface area contributed by atoms with Crippen LogP contribution in [0.25, 0.3) is 0 Å². The van der Waals surface area contributed by atoms with E-state index in [1.165, 1.54) is 6.07 Å². The highest BCUT2D eigenvalue weighted by Crippen LogP contribution is 2.29. The molecule has 0 spiro atoms. The number of nitrogens with one attached hydrogen (secondary N) is 2. The lowest BCUT2D eigenvalue weighted by Crippen LogP contribution is -2.20. The van der Waals surface area contributed by atoms with Crippen molar-refractivity contribution in [2.45, 2.75) is 6.54 Å². The van der Waals surface area contributed by atoms with E-state index in [0.717, 1.165) is 0 Å². The van der Waals surface area contributed by atoms with E-state index >= 15 is 0 Å². The fourth-order valence-electron chi connectivity index (χ4n) is 2.53. The van der Waals surface area contributed by atoms with Crippen LogP contribution in [-0.4, -0.2) is 29.1 Å². The average molecular weight is 421 g/mol. The smallest absolute Gasteiger partial charge is 0.176 e. The number of hydrogen-bond acceptors (Lipinski definition) is 4. The van der Waals surface area contributed by atoms with Crippen LogP contribution in [0.1, 0.15) is 5.56 Å². The zero-order chi connectivity index (χ0) is 20.1. The predicted octanol–water partition coefficient (Wildman–Crippen LogP) is 4.55. The standard InChI is InChI=1S/C19H18ClFN4O2S/c1-26-13-7-8-16(17(9-13)27-2)22-19(28)23-18-14(20)11-25(24-18)10-12-5-3-4-6-15(12)21/h3-9,11H,10H2,1-2H3,(H2,22,23,24,28). The molecule has 0 radical (unpaired) electrons. The van der Waals surface area contributed by atoms with E-state index in [-0.39, 0.29) is 17.5 Å². The van der Waals surface area contributed by atoms with Crippen molar-refractivity contribution in [1.29, 1.82) is 0 Å². The summed E-state index contributed by atoms with van der Waals surface area (Å²) in [7, 11) is 3.13. The molecule has 0 bridgehead atoms. The van der Waals surface area contributed by atoms with Gasteiger partial charge in [-0.2, -0.15) is 5.10 Å². The van der Waals surface area contributed by atoms with Crippen LogP contribution in [0.3, 0.4) is 0 Å². The van der Waals surface area contributed by atoms with E-state index in [9.17, 15) is 4.39 Å². The molecule has 0 fully saturated rings. The summed E-state index contributed by atoms with van der Waals surface area (Å²) in [5, 5.41) is 10.9. The molecule has 2 aromatic carbocycles. The molecular formula is C19H18ClFN4O2S. The van der Waals surface area contributed by atoms with Crippen LogP contribution < -0.4 is 20.1 Å². The van der Waals surface area contributed by atoms with Crippen molar-refractivity contribution in [1.82, 2.24) is 9.78 Å². The van der Waals surface area contributed by atoms with E-state index in [4.69, 9.17) is 33.3 Å². The average Bonchev–Trinajstić information content (AvgIpc) is 3.02. The second-order valence-corrected chi connectivity index (χ2v) is 6.58. The SMILES string of the molecule is COc1ccc(NC(=S)Nc2nn(Cc3ccccc3F)cc2Cl)c(OC)c1. The van der Waals surface area contributed by atoms with E-state index in [0.29, 0.717) is 33.6 Å². The number of anilines is 2. The van der Waals surface area contributed by atoms with Crippen molar-refractivity contribution in [2.75, 3.05) is 24.9 Å². The molecule has 9 heteroatoms. The van der Waals surface area contributed by atoms with Gasteiger partial charge in [-0.3, -0.25) is 4.68 Å². The summed E-state index contributed by atoms with van der Waals surface area (Å²) in [6, 6.07) is 11.8. The number of thiocarbonyl (C=S) groups is 1. The zero-order valence-corrected chi connectivity index (χ0v) is 16.8. The Balaban J connectivity index is 1.69. The highest BCUT2D eigenvalue weighted by atomic mass is 35.5. The monoisotopic (exact) mass is 420 g/mol.